The maximum absolute atomic E-state index is 12.8. The number of methoxy groups -OCH3 is 1. The number of carbonyl (C=O) groups is 1. The lowest BCUT2D eigenvalue weighted by Gasteiger charge is -2.22. The van der Waals surface area contributed by atoms with Crippen molar-refractivity contribution in [3.05, 3.63) is 46.6 Å². The van der Waals surface area contributed by atoms with E-state index in [1.165, 1.54) is 24.4 Å². The van der Waals surface area contributed by atoms with Gasteiger partial charge in [-0.3, -0.25) is 10.1 Å². The summed E-state index contributed by atoms with van der Waals surface area (Å²) in [4.78, 5) is 21.9. The molecule has 3 heterocycles. The molecule has 1 aliphatic rings. The number of hydrogen-bond donors (Lipinski definition) is 1. The van der Waals surface area contributed by atoms with E-state index >= 15 is 0 Å². The molecule has 30 heavy (non-hydrogen) atoms. The molecule has 6 nitrogen and oxygen atoms in total. The van der Waals surface area contributed by atoms with Crippen LogP contribution in [0.1, 0.15) is 40.8 Å². The van der Waals surface area contributed by atoms with E-state index in [-0.39, 0.29) is 5.91 Å². The highest BCUT2D eigenvalue weighted by atomic mass is 32.1. The number of amides is 1. The zero-order valence-corrected chi connectivity index (χ0v) is 19.1. The molecule has 1 fully saturated rings. The summed E-state index contributed by atoms with van der Waals surface area (Å²) in [7, 11) is 1.65. The highest BCUT2D eigenvalue weighted by Gasteiger charge is 2.21. The molecule has 0 saturated carbocycles. The lowest BCUT2D eigenvalue weighted by atomic mass is 10.1. The lowest BCUT2D eigenvalue weighted by Crippen LogP contribution is -2.32. The Morgan fingerprint density at radius 3 is 2.87 bits per heavy atom. The zero-order chi connectivity index (χ0) is 21.1. The summed E-state index contributed by atoms with van der Waals surface area (Å²) < 4.78 is 9.76. The summed E-state index contributed by atoms with van der Waals surface area (Å²) in [5, 5.41) is 3.48. The van der Waals surface area contributed by atoms with Crippen molar-refractivity contribution < 1.29 is 9.53 Å². The predicted octanol–water partition coefficient (Wildman–Crippen LogP) is 4.86. The fraction of sp³-hybridized carbons (Fsp3) is 0.409. The quantitative estimate of drug-likeness (QED) is 0.566. The highest BCUT2D eigenvalue weighted by Crippen LogP contribution is 2.33. The minimum absolute atomic E-state index is 0.145. The van der Waals surface area contributed by atoms with Gasteiger partial charge in [0, 0.05) is 33.7 Å². The molecule has 0 radical (unpaired) electrons. The van der Waals surface area contributed by atoms with E-state index in [0.717, 1.165) is 46.4 Å². The lowest BCUT2D eigenvalue weighted by molar-refractivity contribution is 0.102. The molecule has 1 saturated heterocycles. The van der Waals surface area contributed by atoms with E-state index in [0.29, 0.717) is 16.7 Å². The predicted molar refractivity (Wildman–Crippen MR) is 123 cm³/mol. The Kier molecular flexibility index (Phi) is 6.46. The van der Waals surface area contributed by atoms with Crippen LogP contribution in [0.2, 0.25) is 0 Å². The number of thiophene rings is 1. The Morgan fingerprint density at radius 1 is 1.30 bits per heavy atom. The SMILES string of the molecule is COc1cccc(-c2cc(C(=O)Nc3nc(CC(C)N4CCCC4)ns3)c(C)s2)c1. The standard InChI is InChI=1S/C22H26N4O2S2/c1-14(26-9-4-5-10-26)11-20-23-22(30-25-20)24-21(27)18-13-19(29-15(18)2)16-7-6-8-17(12-16)28-3/h6-8,12-14H,4-5,9-11H2,1-3H3,(H,23,24,25,27). The molecule has 0 bridgehead atoms. The first kappa shape index (κ1) is 21.0. The average molecular weight is 443 g/mol. The third-order valence-electron chi connectivity index (χ3n) is 5.45. The van der Waals surface area contributed by atoms with E-state index in [1.807, 2.05) is 37.3 Å². The van der Waals surface area contributed by atoms with Crippen molar-refractivity contribution in [2.45, 2.75) is 39.2 Å². The van der Waals surface area contributed by atoms with Gasteiger partial charge in [0.1, 0.15) is 11.6 Å². The van der Waals surface area contributed by atoms with Gasteiger partial charge < -0.3 is 9.64 Å². The Labute approximate surface area is 185 Å². The number of nitrogens with one attached hydrogen (secondary N) is 1. The molecule has 1 atom stereocenters. The molecule has 0 aliphatic carbocycles. The van der Waals surface area contributed by atoms with E-state index in [4.69, 9.17) is 4.74 Å². The third kappa shape index (κ3) is 4.71. The van der Waals surface area contributed by atoms with Crippen LogP contribution >= 0.6 is 22.9 Å². The van der Waals surface area contributed by atoms with Gasteiger partial charge in [0.05, 0.1) is 12.7 Å². The van der Waals surface area contributed by atoms with Crippen molar-refractivity contribution >= 4 is 33.9 Å². The summed E-state index contributed by atoms with van der Waals surface area (Å²) in [5.74, 6) is 1.45. The van der Waals surface area contributed by atoms with Gasteiger partial charge in [-0.2, -0.15) is 4.37 Å². The van der Waals surface area contributed by atoms with Crippen molar-refractivity contribution in [2.75, 3.05) is 25.5 Å². The second-order valence-corrected chi connectivity index (χ2v) is 9.59. The summed E-state index contributed by atoms with van der Waals surface area (Å²) in [5.41, 5.74) is 1.70. The van der Waals surface area contributed by atoms with E-state index < -0.39 is 0 Å². The monoisotopic (exact) mass is 442 g/mol. The molecule has 8 heteroatoms. The minimum atomic E-state index is -0.145. The number of anilines is 1. The maximum Gasteiger partial charge on any atom is 0.258 e. The van der Waals surface area contributed by atoms with Crippen LogP contribution in [0.5, 0.6) is 5.75 Å². The third-order valence-corrected chi connectivity index (χ3v) is 7.22. The van der Waals surface area contributed by atoms with Gasteiger partial charge in [-0.1, -0.05) is 12.1 Å². The minimum Gasteiger partial charge on any atom is -0.497 e. The molecule has 158 valence electrons. The zero-order valence-electron chi connectivity index (χ0n) is 17.5. The first-order chi connectivity index (χ1) is 14.5. The summed E-state index contributed by atoms with van der Waals surface area (Å²) in [6.07, 6.45) is 3.35. The summed E-state index contributed by atoms with van der Waals surface area (Å²) >= 11 is 2.85. The van der Waals surface area contributed by atoms with Crippen molar-refractivity contribution in [1.82, 2.24) is 14.3 Å². The highest BCUT2D eigenvalue weighted by molar-refractivity contribution is 7.15. The maximum atomic E-state index is 12.8. The van der Waals surface area contributed by atoms with Gasteiger partial charge in [-0.25, -0.2) is 4.98 Å². The number of aromatic nitrogens is 2. The molecule has 1 aromatic carbocycles. The average Bonchev–Trinajstić information content (AvgIpc) is 3.49. The number of benzene rings is 1. The Hall–Kier alpha value is -2.29. The van der Waals surface area contributed by atoms with Gasteiger partial charge in [-0.15, -0.1) is 11.3 Å². The molecule has 0 spiro atoms. The van der Waals surface area contributed by atoms with Crippen molar-refractivity contribution in [3.63, 3.8) is 0 Å². The number of nitrogens with zero attached hydrogens (tertiary/aromatic N) is 3. The Balaban J connectivity index is 1.43. The van der Waals surface area contributed by atoms with Crippen LogP contribution in [0.15, 0.2) is 30.3 Å². The number of likely N-dealkylation sites (tertiary alicyclic amines) is 1. The van der Waals surface area contributed by atoms with Gasteiger partial charge in [0.15, 0.2) is 0 Å². The van der Waals surface area contributed by atoms with Crippen LogP contribution < -0.4 is 10.1 Å². The molecular weight excluding hydrogens is 416 g/mol. The van der Waals surface area contributed by atoms with Crippen LogP contribution in [-0.4, -0.2) is 46.4 Å². The molecule has 3 aromatic rings. The van der Waals surface area contributed by atoms with Crippen molar-refractivity contribution in [2.24, 2.45) is 0 Å². The Morgan fingerprint density at radius 2 is 2.10 bits per heavy atom. The second-order valence-electron chi connectivity index (χ2n) is 7.58. The number of ether oxygens (including phenoxy) is 1. The first-order valence-electron chi connectivity index (χ1n) is 10.2. The molecule has 2 aromatic heterocycles. The number of aryl methyl sites for hydroxylation is 1. The number of rotatable bonds is 7. The fourth-order valence-corrected chi connectivity index (χ4v) is 5.36. The molecule has 1 aliphatic heterocycles. The van der Waals surface area contributed by atoms with E-state index in [2.05, 4.69) is 26.5 Å². The second kappa shape index (κ2) is 9.24. The van der Waals surface area contributed by atoms with Crippen molar-refractivity contribution in [3.8, 4) is 16.2 Å². The van der Waals surface area contributed by atoms with Crippen LogP contribution in [-0.2, 0) is 6.42 Å². The van der Waals surface area contributed by atoms with Crippen LogP contribution in [0.3, 0.4) is 0 Å². The van der Waals surface area contributed by atoms with Gasteiger partial charge in [0.2, 0.25) is 5.13 Å². The molecular formula is C22H26N4O2S2. The van der Waals surface area contributed by atoms with E-state index in [9.17, 15) is 4.79 Å². The molecule has 4 rings (SSSR count). The fourth-order valence-electron chi connectivity index (χ4n) is 3.75. The topological polar surface area (TPSA) is 67.3 Å². The molecule has 1 amide bonds. The van der Waals surface area contributed by atoms with Crippen LogP contribution in [0.4, 0.5) is 5.13 Å². The van der Waals surface area contributed by atoms with Gasteiger partial charge in [-0.05, 0) is 63.5 Å². The summed E-state index contributed by atoms with van der Waals surface area (Å²) in [6, 6.07) is 10.2. The van der Waals surface area contributed by atoms with Crippen molar-refractivity contribution in [1.29, 1.82) is 0 Å². The summed E-state index contributed by atoms with van der Waals surface area (Å²) in [6.45, 7) is 6.50. The Bertz CT molecular complexity index is 1020. The first-order valence-corrected chi connectivity index (χ1v) is 11.8. The molecule has 1 unspecified atom stereocenters. The number of carbonyl (C=O) groups excluding carboxylic acids is 1. The van der Waals surface area contributed by atoms with Gasteiger partial charge >= 0.3 is 0 Å². The largest absolute Gasteiger partial charge is 0.497 e. The van der Waals surface area contributed by atoms with Gasteiger partial charge in [0.25, 0.3) is 5.91 Å². The van der Waals surface area contributed by atoms with E-state index in [1.54, 1.807) is 18.4 Å². The van der Waals surface area contributed by atoms with Crippen LogP contribution in [0.25, 0.3) is 10.4 Å². The van der Waals surface area contributed by atoms with Crippen LogP contribution in [0, 0.1) is 6.92 Å². The number of hydrogen-bond acceptors (Lipinski definition) is 7. The smallest absolute Gasteiger partial charge is 0.258 e. The molecule has 1 N–H and O–H groups in total. The normalized spacial score (nSPS) is 15.3.